The Balaban J connectivity index is 3.18. The number of anilines is 1. The maximum absolute atomic E-state index is 11.6. The number of esters is 1. The van der Waals surface area contributed by atoms with Crippen LogP contribution in [-0.4, -0.2) is 19.0 Å². The van der Waals surface area contributed by atoms with Gasteiger partial charge in [-0.15, -0.1) is 0 Å². The first-order valence-corrected chi connectivity index (χ1v) is 5.57. The number of halogens is 1. The van der Waals surface area contributed by atoms with Crippen LogP contribution in [0.1, 0.15) is 22.8 Å². The fourth-order valence-corrected chi connectivity index (χ4v) is 1.59. The van der Waals surface area contributed by atoms with Gasteiger partial charge in [0.05, 0.1) is 17.9 Å². The highest BCUT2D eigenvalue weighted by Crippen LogP contribution is 2.25. The third-order valence-electron chi connectivity index (χ3n) is 2.01. The van der Waals surface area contributed by atoms with Gasteiger partial charge in [0.15, 0.2) is 0 Å². The third-order valence-corrected chi connectivity index (χ3v) is 2.86. The Bertz CT molecular complexity index is 418. The maximum atomic E-state index is 11.6. The monoisotopic (exact) mass is 285 g/mol. The molecule has 0 saturated heterocycles. The molecule has 0 aliphatic rings. The van der Waals surface area contributed by atoms with E-state index in [0.29, 0.717) is 24.3 Å². The number of benzene rings is 1. The molecule has 4 nitrogen and oxygen atoms in total. The number of nitrogens with one attached hydrogen (secondary N) is 1. The number of hydrogen-bond acceptors (Lipinski definition) is 3. The predicted octanol–water partition coefficient (Wildman–Crippen LogP) is 2.50. The molecule has 0 fully saturated rings. The van der Waals surface area contributed by atoms with Gasteiger partial charge in [0, 0.05) is 4.47 Å². The molecule has 0 bridgehead atoms. The fraction of sp³-hybridized carbons (Fsp3) is 0.273. The normalized spacial score (nSPS) is 9.69. The molecular formula is C11H12BrNO3. The molecular weight excluding hydrogens is 274 g/mol. The second-order valence-corrected chi connectivity index (χ2v) is 3.98. The lowest BCUT2D eigenvalue weighted by atomic mass is 10.1. The van der Waals surface area contributed by atoms with Gasteiger partial charge in [0.1, 0.15) is 0 Å². The van der Waals surface area contributed by atoms with Crippen molar-refractivity contribution in [1.29, 1.82) is 0 Å². The fourth-order valence-electron chi connectivity index (χ4n) is 1.24. The van der Waals surface area contributed by atoms with Crippen LogP contribution in [0.3, 0.4) is 0 Å². The van der Waals surface area contributed by atoms with E-state index in [-0.39, 0.29) is 0 Å². The minimum absolute atomic E-state index is 0.296. The highest BCUT2D eigenvalue weighted by Gasteiger charge is 2.14. The molecule has 5 heteroatoms. The van der Waals surface area contributed by atoms with E-state index in [0.717, 1.165) is 10.0 Å². The van der Waals surface area contributed by atoms with Crippen LogP contribution in [0.5, 0.6) is 0 Å². The van der Waals surface area contributed by atoms with Crippen LogP contribution in [0, 0.1) is 6.92 Å². The van der Waals surface area contributed by atoms with Gasteiger partial charge >= 0.3 is 5.97 Å². The molecule has 86 valence electrons. The van der Waals surface area contributed by atoms with Crippen molar-refractivity contribution in [3.8, 4) is 0 Å². The highest BCUT2D eigenvalue weighted by molar-refractivity contribution is 9.10. The molecule has 0 heterocycles. The molecule has 0 saturated carbocycles. The van der Waals surface area contributed by atoms with E-state index in [9.17, 15) is 9.59 Å². The quantitative estimate of drug-likeness (QED) is 0.683. The first-order valence-electron chi connectivity index (χ1n) is 4.77. The summed E-state index contributed by atoms with van der Waals surface area (Å²) in [6.45, 7) is 3.90. The molecule has 0 radical (unpaired) electrons. The maximum Gasteiger partial charge on any atom is 0.340 e. The number of carbonyl (C=O) groups is 2. The second-order valence-electron chi connectivity index (χ2n) is 3.13. The lowest BCUT2D eigenvalue weighted by Crippen LogP contribution is -2.09. The van der Waals surface area contributed by atoms with Gasteiger partial charge in [-0.2, -0.15) is 0 Å². The summed E-state index contributed by atoms with van der Waals surface area (Å²) < 4.78 is 5.69. The number of aryl methyl sites for hydroxylation is 1. The highest BCUT2D eigenvalue weighted by atomic mass is 79.9. The molecule has 16 heavy (non-hydrogen) atoms. The summed E-state index contributed by atoms with van der Waals surface area (Å²) in [6, 6.07) is 3.35. The van der Waals surface area contributed by atoms with Crippen LogP contribution in [0.25, 0.3) is 0 Å². The minimum Gasteiger partial charge on any atom is -0.462 e. The summed E-state index contributed by atoms with van der Waals surface area (Å²) in [5.74, 6) is -0.451. The topological polar surface area (TPSA) is 55.4 Å². The van der Waals surface area contributed by atoms with Crippen molar-refractivity contribution in [3.05, 3.63) is 27.7 Å². The average Bonchev–Trinajstić information content (AvgIpc) is 2.23. The van der Waals surface area contributed by atoms with E-state index in [2.05, 4.69) is 21.2 Å². The standard InChI is InChI=1S/C11H12BrNO3/c1-3-16-11(15)8-5-9(12)7(2)4-10(8)13-6-14/h4-6H,3H2,1-2H3,(H,13,14). The van der Waals surface area contributed by atoms with Gasteiger partial charge < -0.3 is 10.1 Å². The van der Waals surface area contributed by atoms with Crippen molar-refractivity contribution < 1.29 is 14.3 Å². The number of rotatable bonds is 4. The number of carbonyl (C=O) groups excluding carboxylic acids is 2. The number of amides is 1. The first kappa shape index (κ1) is 12.7. The Hall–Kier alpha value is -1.36. The van der Waals surface area contributed by atoms with Crippen LogP contribution in [0.2, 0.25) is 0 Å². The van der Waals surface area contributed by atoms with Crippen molar-refractivity contribution >= 4 is 34.0 Å². The Morgan fingerprint density at radius 1 is 1.56 bits per heavy atom. The Morgan fingerprint density at radius 2 is 2.25 bits per heavy atom. The summed E-state index contributed by atoms with van der Waals surface area (Å²) in [4.78, 5) is 22.0. The summed E-state index contributed by atoms with van der Waals surface area (Å²) >= 11 is 3.33. The van der Waals surface area contributed by atoms with Gasteiger partial charge in [-0.1, -0.05) is 15.9 Å². The molecule has 1 aromatic carbocycles. The van der Waals surface area contributed by atoms with Crippen molar-refractivity contribution in [1.82, 2.24) is 0 Å². The first-order chi connectivity index (χ1) is 7.60. The van der Waals surface area contributed by atoms with Crippen molar-refractivity contribution in [2.75, 3.05) is 11.9 Å². The zero-order chi connectivity index (χ0) is 12.1. The van der Waals surface area contributed by atoms with Crippen molar-refractivity contribution in [2.24, 2.45) is 0 Å². The average molecular weight is 286 g/mol. The van der Waals surface area contributed by atoms with E-state index in [1.807, 2.05) is 6.92 Å². The predicted molar refractivity (Wildman–Crippen MR) is 64.5 cm³/mol. The molecule has 0 unspecified atom stereocenters. The van der Waals surface area contributed by atoms with Crippen LogP contribution in [0.4, 0.5) is 5.69 Å². The van der Waals surface area contributed by atoms with Crippen LogP contribution in [-0.2, 0) is 9.53 Å². The molecule has 1 amide bonds. The van der Waals surface area contributed by atoms with Crippen LogP contribution in [0.15, 0.2) is 16.6 Å². The largest absolute Gasteiger partial charge is 0.462 e. The minimum atomic E-state index is -0.451. The van der Waals surface area contributed by atoms with E-state index >= 15 is 0 Å². The second kappa shape index (κ2) is 5.65. The zero-order valence-electron chi connectivity index (χ0n) is 9.04. The van der Waals surface area contributed by atoms with E-state index < -0.39 is 5.97 Å². The van der Waals surface area contributed by atoms with Crippen molar-refractivity contribution in [2.45, 2.75) is 13.8 Å². The Morgan fingerprint density at radius 3 is 2.81 bits per heavy atom. The molecule has 0 atom stereocenters. The lowest BCUT2D eigenvalue weighted by Gasteiger charge is -2.10. The summed E-state index contributed by atoms with van der Waals surface area (Å²) in [7, 11) is 0. The van der Waals surface area contributed by atoms with Crippen molar-refractivity contribution in [3.63, 3.8) is 0 Å². The smallest absolute Gasteiger partial charge is 0.340 e. The van der Waals surface area contributed by atoms with Gasteiger partial charge in [0.2, 0.25) is 6.41 Å². The summed E-state index contributed by atoms with van der Waals surface area (Å²) in [6.07, 6.45) is 0.533. The SMILES string of the molecule is CCOC(=O)c1cc(Br)c(C)cc1NC=O. The Labute approximate surface area is 102 Å². The molecule has 0 aromatic heterocycles. The zero-order valence-corrected chi connectivity index (χ0v) is 10.6. The molecule has 0 spiro atoms. The lowest BCUT2D eigenvalue weighted by molar-refractivity contribution is -0.105. The summed E-state index contributed by atoms with van der Waals surface area (Å²) in [5.41, 5.74) is 1.72. The van der Waals surface area contributed by atoms with E-state index in [4.69, 9.17) is 4.74 Å². The molecule has 0 aliphatic carbocycles. The molecule has 0 aliphatic heterocycles. The van der Waals surface area contributed by atoms with Gasteiger partial charge in [-0.25, -0.2) is 4.79 Å². The number of ether oxygens (including phenoxy) is 1. The molecule has 1 aromatic rings. The van der Waals surface area contributed by atoms with E-state index in [1.165, 1.54) is 0 Å². The van der Waals surface area contributed by atoms with Gasteiger partial charge in [0.25, 0.3) is 0 Å². The van der Waals surface area contributed by atoms with Gasteiger partial charge in [-0.05, 0) is 31.5 Å². The molecule has 1 rings (SSSR count). The van der Waals surface area contributed by atoms with E-state index in [1.54, 1.807) is 19.1 Å². The van der Waals surface area contributed by atoms with Crippen LogP contribution >= 0.6 is 15.9 Å². The van der Waals surface area contributed by atoms with Crippen LogP contribution < -0.4 is 5.32 Å². The Kier molecular flexibility index (Phi) is 4.49. The number of hydrogen-bond donors (Lipinski definition) is 1. The summed E-state index contributed by atoms with van der Waals surface area (Å²) in [5, 5.41) is 2.48. The third kappa shape index (κ3) is 2.82. The molecule has 1 N–H and O–H groups in total. The van der Waals surface area contributed by atoms with Gasteiger partial charge in [-0.3, -0.25) is 4.79 Å².